The minimum Gasteiger partial charge on any atom is -0.379 e. The second-order valence-electron chi connectivity index (χ2n) is 7.71. The van der Waals surface area contributed by atoms with Crippen molar-refractivity contribution in [3.05, 3.63) is 53.1 Å². The highest BCUT2D eigenvalue weighted by molar-refractivity contribution is 5.86. The number of ether oxygens (including phenoxy) is 1. The summed E-state index contributed by atoms with van der Waals surface area (Å²) in [5.74, 6) is 1.02. The second-order valence-corrected chi connectivity index (χ2v) is 7.71. The molecule has 0 spiro atoms. The number of fused-ring (bicyclic) bond motifs is 3. The number of allylic oxidation sites excluding steroid dienone is 1. The number of hydrogen-bond acceptors (Lipinski definition) is 5. The number of nitriles is 1. The molecule has 3 aromatic rings. The third kappa shape index (κ3) is 3.71. The number of hydrogen-bond donors (Lipinski definition) is 1. The minimum absolute atomic E-state index is 0.635. The van der Waals surface area contributed by atoms with E-state index in [9.17, 15) is 5.26 Å². The molecular formula is C23H27N5O. The van der Waals surface area contributed by atoms with Crippen molar-refractivity contribution in [3.63, 3.8) is 0 Å². The maximum Gasteiger partial charge on any atom is 0.157 e. The summed E-state index contributed by atoms with van der Waals surface area (Å²) in [4.78, 5) is 7.19. The van der Waals surface area contributed by atoms with Crippen molar-refractivity contribution >= 4 is 22.5 Å². The van der Waals surface area contributed by atoms with Crippen LogP contribution in [0.3, 0.4) is 0 Å². The van der Waals surface area contributed by atoms with Gasteiger partial charge in [-0.1, -0.05) is 24.3 Å². The molecule has 1 fully saturated rings. The fraction of sp³-hybridized carbons (Fsp3) is 0.391. The Morgan fingerprint density at radius 2 is 2.07 bits per heavy atom. The smallest absolute Gasteiger partial charge is 0.157 e. The zero-order valence-electron chi connectivity index (χ0n) is 17.2. The van der Waals surface area contributed by atoms with Crippen LogP contribution in [0.15, 0.2) is 36.4 Å². The van der Waals surface area contributed by atoms with Crippen LogP contribution in [0, 0.1) is 18.3 Å². The van der Waals surface area contributed by atoms with E-state index in [-0.39, 0.29) is 0 Å². The molecule has 1 aliphatic rings. The molecule has 0 aliphatic carbocycles. The molecule has 150 valence electrons. The fourth-order valence-corrected chi connectivity index (χ4v) is 4.05. The van der Waals surface area contributed by atoms with E-state index in [1.807, 2.05) is 32.0 Å². The van der Waals surface area contributed by atoms with Crippen LogP contribution in [0.25, 0.3) is 16.7 Å². The topological polar surface area (TPSA) is 65.6 Å². The van der Waals surface area contributed by atoms with Gasteiger partial charge in [-0.3, -0.25) is 9.30 Å². The summed E-state index contributed by atoms with van der Waals surface area (Å²) in [7, 11) is 0. The van der Waals surface area contributed by atoms with Crippen LogP contribution in [-0.2, 0) is 11.2 Å². The number of para-hydroxylation sites is 2. The Labute approximate surface area is 171 Å². The fourth-order valence-electron chi connectivity index (χ4n) is 4.05. The maximum absolute atomic E-state index is 9.87. The summed E-state index contributed by atoms with van der Waals surface area (Å²) in [5, 5.41) is 13.5. The summed E-state index contributed by atoms with van der Waals surface area (Å²) in [6.07, 6.45) is 0.725. The molecule has 0 atom stereocenters. The SMILES string of the molecule is C=C(C)Cc1c(C)c(C#N)c2nc3ccccc3n2c1NCCN1CCOCC1. The van der Waals surface area contributed by atoms with E-state index in [4.69, 9.17) is 9.72 Å². The van der Waals surface area contributed by atoms with Gasteiger partial charge in [-0.15, -0.1) is 0 Å². The molecule has 1 saturated heterocycles. The molecule has 1 aliphatic heterocycles. The van der Waals surface area contributed by atoms with Crippen molar-refractivity contribution in [1.29, 1.82) is 5.26 Å². The first-order chi connectivity index (χ1) is 14.1. The van der Waals surface area contributed by atoms with Crippen LogP contribution in [0.1, 0.15) is 23.6 Å². The summed E-state index contributed by atoms with van der Waals surface area (Å²) < 4.78 is 7.56. The molecule has 2 aromatic heterocycles. The summed E-state index contributed by atoms with van der Waals surface area (Å²) in [6, 6.07) is 10.4. The standard InChI is InChI=1S/C23H27N5O/c1-16(2)14-18-17(3)19(15-24)23-26-20-6-4-5-7-21(20)28(23)22(18)25-8-9-27-10-12-29-13-11-27/h4-7,25H,1,8-14H2,2-3H3. The number of pyridine rings is 1. The van der Waals surface area contributed by atoms with E-state index in [0.717, 1.165) is 79.4 Å². The van der Waals surface area contributed by atoms with Gasteiger partial charge in [0.15, 0.2) is 5.65 Å². The lowest BCUT2D eigenvalue weighted by atomic mass is 9.99. The van der Waals surface area contributed by atoms with E-state index in [1.165, 1.54) is 0 Å². The number of benzene rings is 1. The molecule has 0 amide bonds. The molecule has 1 N–H and O–H groups in total. The zero-order chi connectivity index (χ0) is 20.4. The van der Waals surface area contributed by atoms with Gasteiger partial charge in [0.1, 0.15) is 11.9 Å². The molecule has 0 unspecified atom stereocenters. The van der Waals surface area contributed by atoms with Crippen LogP contribution < -0.4 is 5.32 Å². The van der Waals surface area contributed by atoms with Crippen molar-refractivity contribution in [1.82, 2.24) is 14.3 Å². The highest BCUT2D eigenvalue weighted by Crippen LogP contribution is 2.32. The Morgan fingerprint density at radius 1 is 1.31 bits per heavy atom. The largest absolute Gasteiger partial charge is 0.379 e. The Hall–Kier alpha value is -2.88. The van der Waals surface area contributed by atoms with Gasteiger partial charge in [0.25, 0.3) is 0 Å². The molecule has 1 aromatic carbocycles. The highest BCUT2D eigenvalue weighted by atomic mass is 16.5. The normalized spacial score (nSPS) is 14.9. The van der Waals surface area contributed by atoms with Crippen LogP contribution in [-0.4, -0.2) is 53.7 Å². The lowest BCUT2D eigenvalue weighted by Crippen LogP contribution is -2.39. The second kappa shape index (κ2) is 8.24. The van der Waals surface area contributed by atoms with E-state index < -0.39 is 0 Å². The van der Waals surface area contributed by atoms with Crippen molar-refractivity contribution in [3.8, 4) is 6.07 Å². The van der Waals surface area contributed by atoms with Gasteiger partial charge < -0.3 is 10.1 Å². The third-order valence-corrected chi connectivity index (χ3v) is 5.54. The quantitative estimate of drug-likeness (QED) is 0.654. The molecular weight excluding hydrogens is 362 g/mol. The first kappa shape index (κ1) is 19.4. The monoisotopic (exact) mass is 389 g/mol. The van der Waals surface area contributed by atoms with E-state index in [2.05, 4.69) is 33.3 Å². The van der Waals surface area contributed by atoms with Gasteiger partial charge >= 0.3 is 0 Å². The lowest BCUT2D eigenvalue weighted by molar-refractivity contribution is 0.0398. The van der Waals surface area contributed by atoms with Crippen LogP contribution >= 0.6 is 0 Å². The molecule has 3 heterocycles. The number of morpholine rings is 1. The first-order valence-corrected chi connectivity index (χ1v) is 10.1. The van der Waals surface area contributed by atoms with E-state index in [1.54, 1.807) is 0 Å². The van der Waals surface area contributed by atoms with Crippen LogP contribution in [0.2, 0.25) is 0 Å². The van der Waals surface area contributed by atoms with Gasteiger partial charge in [0, 0.05) is 31.7 Å². The van der Waals surface area contributed by atoms with Crippen molar-refractivity contribution < 1.29 is 4.74 Å². The molecule has 29 heavy (non-hydrogen) atoms. The van der Waals surface area contributed by atoms with Gasteiger partial charge in [-0.05, 0) is 38.0 Å². The Morgan fingerprint density at radius 3 is 2.79 bits per heavy atom. The number of aromatic nitrogens is 2. The number of anilines is 1. The van der Waals surface area contributed by atoms with Crippen LogP contribution in [0.4, 0.5) is 5.82 Å². The summed E-state index contributed by atoms with van der Waals surface area (Å²) in [6.45, 7) is 13.5. The van der Waals surface area contributed by atoms with Gasteiger partial charge in [0.2, 0.25) is 0 Å². The molecule has 0 saturated carbocycles. The third-order valence-electron chi connectivity index (χ3n) is 5.54. The number of rotatable bonds is 6. The Balaban J connectivity index is 1.82. The number of nitrogens with zero attached hydrogens (tertiary/aromatic N) is 4. The predicted octanol–water partition coefficient (Wildman–Crippen LogP) is 3.53. The average Bonchev–Trinajstić information content (AvgIpc) is 3.10. The lowest BCUT2D eigenvalue weighted by Gasteiger charge is -2.27. The van der Waals surface area contributed by atoms with Gasteiger partial charge in [-0.2, -0.15) is 5.26 Å². The Kier molecular flexibility index (Phi) is 5.52. The number of imidazole rings is 1. The highest BCUT2D eigenvalue weighted by Gasteiger charge is 2.21. The van der Waals surface area contributed by atoms with Crippen molar-refractivity contribution in [2.75, 3.05) is 44.7 Å². The van der Waals surface area contributed by atoms with E-state index in [0.29, 0.717) is 11.2 Å². The average molecular weight is 390 g/mol. The maximum atomic E-state index is 9.87. The van der Waals surface area contributed by atoms with Crippen molar-refractivity contribution in [2.45, 2.75) is 20.3 Å². The minimum atomic E-state index is 0.635. The Bertz CT molecular complexity index is 1100. The first-order valence-electron chi connectivity index (χ1n) is 10.1. The van der Waals surface area contributed by atoms with Crippen LogP contribution in [0.5, 0.6) is 0 Å². The number of nitrogens with one attached hydrogen (secondary N) is 1. The summed E-state index contributed by atoms with van der Waals surface area (Å²) >= 11 is 0. The molecule has 4 rings (SSSR count). The van der Waals surface area contributed by atoms with Gasteiger partial charge in [0.05, 0.1) is 29.8 Å². The zero-order valence-corrected chi connectivity index (χ0v) is 17.2. The molecule has 0 radical (unpaired) electrons. The predicted molar refractivity (Wildman–Crippen MR) is 116 cm³/mol. The molecule has 6 heteroatoms. The van der Waals surface area contributed by atoms with E-state index >= 15 is 0 Å². The van der Waals surface area contributed by atoms with Gasteiger partial charge in [-0.25, -0.2) is 4.98 Å². The van der Waals surface area contributed by atoms with Crippen molar-refractivity contribution in [2.24, 2.45) is 0 Å². The molecule has 0 bridgehead atoms. The summed E-state index contributed by atoms with van der Waals surface area (Å²) in [5.41, 5.74) is 6.42. The molecule has 6 nitrogen and oxygen atoms in total.